The summed E-state index contributed by atoms with van der Waals surface area (Å²) in [5.41, 5.74) is 7.14. The van der Waals surface area contributed by atoms with E-state index in [1.807, 2.05) is 14.0 Å². The maximum Gasteiger partial charge on any atom is 0.117 e. The lowest BCUT2D eigenvalue weighted by Crippen LogP contribution is -2.27. The number of nitrogens with two attached hydrogens (primary N) is 1. The van der Waals surface area contributed by atoms with Gasteiger partial charge in [-0.15, -0.1) is 0 Å². The Morgan fingerprint density at radius 1 is 1.19 bits per heavy atom. The molecule has 0 fully saturated rings. The number of nitrogens with one attached hydrogen (secondary N) is 1. The highest BCUT2D eigenvalue weighted by Crippen LogP contribution is 2.22. The van der Waals surface area contributed by atoms with Crippen LogP contribution in [0.25, 0.3) is 0 Å². The van der Waals surface area contributed by atoms with Crippen molar-refractivity contribution in [2.24, 2.45) is 0 Å². The number of hydrogen-bond acceptors (Lipinski definition) is 6. The predicted octanol–water partition coefficient (Wildman–Crippen LogP) is 1.37. The van der Waals surface area contributed by atoms with Crippen LogP contribution in [0, 0.1) is 0 Å². The number of aromatic hydroxyl groups is 1. The van der Waals surface area contributed by atoms with Gasteiger partial charge in [0.25, 0.3) is 0 Å². The molecular weight excluding hydrogens is 270 g/mol. The number of phenolic OH excluding ortho intramolecular Hbond substituents is 1. The molecular formula is C15H27N3O3. The van der Waals surface area contributed by atoms with E-state index in [1.54, 1.807) is 18.2 Å². The molecule has 1 aromatic rings. The highest BCUT2D eigenvalue weighted by Gasteiger charge is 2.00. The highest BCUT2D eigenvalue weighted by molar-refractivity contribution is 5.67. The Morgan fingerprint density at radius 2 is 1.90 bits per heavy atom. The summed E-state index contributed by atoms with van der Waals surface area (Å²) in [6.07, 6.45) is 0. The van der Waals surface area contributed by atoms with Crippen LogP contribution in [0.4, 0.5) is 11.4 Å². The fourth-order valence-electron chi connectivity index (χ4n) is 1.75. The quantitative estimate of drug-likeness (QED) is 0.325. The number of nitrogens with zero attached hydrogens (tertiary/aromatic N) is 1. The fraction of sp³-hybridized carbons (Fsp3) is 0.600. The Morgan fingerprint density at radius 3 is 2.62 bits per heavy atom. The van der Waals surface area contributed by atoms with E-state index in [4.69, 9.17) is 15.2 Å². The van der Waals surface area contributed by atoms with Crippen molar-refractivity contribution in [3.05, 3.63) is 18.2 Å². The minimum atomic E-state index is 0.198. The second kappa shape index (κ2) is 10.3. The third kappa shape index (κ3) is 7.75. The first-order valence-electron chi connectivity index (χ1n) is 7.30. The summed E-state index contributed by atoms with van der Waals surface area (Å²) < 4.78 is 10.8. The van der Waals surface area contributed by atoms with E-state index in [2.05, 4.69) is 10.2 Å². The molecule has 0 atom stereocenters. The number of phenols is 1. The van der Waals surface area contributed by atoms with Crippen LogP contribution in [-0.4, -0.2) is 63.1 Å². The first-order valence-corrected chi connectivity index (χ1v) is 7.30. The summed E-state index contributed by atoms with van der Waals surface area (Å²) in [4.78, 5) is 2.18. The van der Waals surface area contributed by atoms with Gasteiger partial charge in [0.1, 0.15) is 5.75 Å². The van der Waals surface area contributed by atoms with Gasteiger partial charge in [-0.25, -0.2) is 0 Å². The number of hydrogen-bond donors (Lipinski definition) is 3. The topological polar surface area (TPSA) is 80.0 Å². The Balaban J connectivity index is 2.05. The Labute approximate surface area is 126 Å². The zero-order chi connectivity index (χ0) is 15.5. The highest BCUT2D eigenvalue weighted by atomic mass is 16.5. The first kappa shape index (κ1) is 17.6. The molecule has 0 radical (unpaired) electrons. The third-order valence-electron chi connectivity index (χ3n) is 3.04. The summed E-state index contributed by atoms with van der Waals surface area (Å²) >= 11 is 0. The fourth-order valence-corrected chi connectivity index (χ4v) is 1.75. The Bertz CT molecular complexity index is 402. The van der Waals surface area contributed by atoms with Gasteiger partial charge in [0, 0.05) is 32.3 Å². The molecule has 0 heterocycles. The average Bonchev–Trinajstić information content (AvgIpc) is 2.46. The van der Waals surface area contributed by atoms with E-state index in [0.29, 0.717) is 25.4 Å². The van der Waals surface area contributed by atoms with Gasteiger partial charge < -0.3 is 30.5 Å². The number of benzene rings is 1. The minimum absolute atomic E-state index is 0.198. The van der Waals surface area contributed by atoms with Crippen molar-refractivity contribution in [1.29, 1.82) is 0 Å². The van der Waals surface area contributed by atoms with Gasteiger partial charge in [-0.05, 0) is 26.1 Å². The van der Waals surface area contributed by atoms with Crippen molar-refractivity contribution < 1.29 is 14.6 Å². The van der Waals surface area contributed by atoms with Gasteiger partial charge in [0.05, 0.1) is 31.2 Å². The molecule has 21 heavy (non-hydrogen) atoms. The zero-order valence-electron chi connectivity index (χ0n) is 13.0. The molecule has 0 spiro atoms. The Hall–Kier alpha value is -1.50. The molecule has 0 saturated carbocycles. The van der Waals surface area contributed by atoms with E-state index >= 15 is 0 Å². The molecule has 0 aliphatic heterocycles. The van der Waals surface area contributed by atoms with Crippen molar-refractivity contribution in [2.45, 2.75) is 6.92 Å². The smallest absolute Gasteiger partial charge is 0.117 e. The molecule has 6 nitrogen and oxygen atoms in total. The van der Waals surface area contributed by atoms with Crippen LogP contribution in [0.2, 0.25) is 0 Å². The summed E-state index contributed by atoms with van der Waals surface area (Å²) in [5, 5.41) is 12.5. The van der Waals surface area contributed by atoms with Crippen LogP contribution in [0.5, 0.6) is 5.75 Å². The summed E-state index contributed by atoms with van der Waals surface area (Å²) in [6.45, 7) is 7.22. The van der Waals surface area contributed by atoms with Gasteiger partial charge in [-0.3, -0.25) is 0 Å². The van der Waals surface area contributed by atoms with E-state index in [9.17, 15) is 5.11 Å². The molecule has 0 saturated heterocycles. The van der Waals surface area contributed by atoms with Crippen LogP contribution in [0.1, 0.15) is 6.92 Å². The molecule has 0 aliphatic carbocycles. The lowest BCUT2D eigenvalue weighted by atomic mass is 10.2. The van der Waals surface area contributed by atoms with Crippen LogP contribution in [-0.2, 0) is 9.47 Å². The maximum atomic E-state index is 9.39. The predicted molar refractivity (Wildman–Crippen MR) is 85.8 cm³/mol. The van der Waals surface area contributed by atoms with Gasteiger partial charge in [0.15, 0.2) is 0 Å². The van der Waals surface area contributed by atoms with E-state index in [-0.39, 0.29) is 5.75 Å². The molecule has 4 N–H and O–H groups in total. The molecule has 0 aromatic heterocycles. The van der Waals surface area contributed by atoms with E-state index in [1.165, 1.54) is 0 Å². The maximum absolute atomic E-state index is 9.39. The lowest BCUT2D eigenvalue weighted by Gasteiger charge is -2.16. The SMILES string of the molecule is CCOCCN(C)CCOCCNc1cc(O)ccc1N. The standard InChI is InChI=1S/C15H27N3O3/c1-3-20-10-7-18(2)8-11-21-9-6-17-15-12-13(19)4-5-14(15)16/h4-5,12,17,19H,3,6-11,16H2,1-2H3. The number of anilines is 2. The average molecular weight is 297 g/mol. The number of ether oxygens (including phenoxy) is 2. The molecule has 1 rings (SSSR count). The number of nitrogen functional groups attached to an aromatic ring is 1. The second-order valence-electron chi connectivity index (χ2n) is 4.81. The van der Waals surface area contributed by atoms with Crippen LogP contribution >= 0.6 is 0 Å². The second-order valence-corrected chi connectivity index (χ2v) is 4.81. The molecule has 6 heteroatoms. The van der Waals surface area contributed by atoms with Gasteiger partial charge in [-0.1, -0.05) is 0 Å². The van der Waals surface area contributed by atoms with Crippen molar-refractivity contribution in [3.63, 3.8) is 0 Å². The van der Waals surface area contributed by atoms with Gasteiger partial charge >= 0.3 is 0 Å². The third-order valence-corrected chi connectivity index (χ3v) is 3.04. The first-order chi connectivity index (χ1) is 10.1. The van der Waals surface area contributed by atoms with E-state index in [0.717, 1.165) is 32.0 Å². The molecule has 0 unspecified atom stereocenters. The van der Waals surface area contributed by atoms with Crippen molar-refractivity contribution in [2.75, 3.05) is 64.2 Å². The molecule has 0 bridgehead atoms. The molecule has 0 amide bonds. The largest absolute Gasteiger partial charge is 0.508 e. The molecule has 120 valence electrons. The summed E-state index contributed by atoms with van der Waals surface area (Å²) in [5.74, 6) is 0.198. The number of rotatable bonds is 11. The van der Waals surface area contributed by atoms with Crippen molar-refractivity contribution >= 4 is 11.4 Å². The Kier molecular flexibility index (Phi) is 8.57. The van der Waals surface area contributed by atoms with E-state index < -0.39 is 0 Å². The van der Waals surface area contributed by atoms with Crippen LogP contribution in [0.3, 0.4) is 0 Å². The van der Waals surface area contributed by atoms with Gasteiger partial charge in [-0.2, -0.15) is 0 Å². The number of likely N-dealkylation sites (N-methyl/N-ethyl adjacent to an activating group) is 1. The van der Waals surface area contributed by atoms with Crippen molar-refractivity contribution in [3.8, 4) is 5.75 Å². The molecule has 0 aliphatic rings. The summed E-state index contributed by atoms with van der Waals surface area (Å²) in [7, 11) is 2.05. The minimum Gasteiger partial charge on any atom is -0.508 e. The van der Waals surface area contributed by atoms with Crippen molar-refractivity contribution in [1.82, 2.24) is 4.90 Å². The monoisotopic (exact) mass is 297 g/mol. The lowest BCUT2D eigenvalue weighted by molar-refractivity contribution is 0.0923. The van der Waals surface area contributed by atoms with Crippen LogP contribution in [0.15, 0.2) is 18.2 Å². The normalized spacial score (nSPS) is 11.0. The van der Waals surface area contributed by atoms with Gasteiger partial charge in [0.2, 0.25) is 0 Å². The summed E-state index contributed by atoms with van der Waals surface area (Å²) in [6, 6.07) is 4.85. The molecule has 1 aromatic carbocycles. The zero-order valence-corrected chi connectivity index (χ0v) is 13.0. The van der Waals surface area contributed by atoms with Crippen LogP contribution < -0.4 is 11.1 Å².